The number of likely N-dealkylation sites (tertiary alicyclic amines) is 1. The number of rotatable bonds is 2. The third-order valence-electron chi connectivity index (χ3n) is 3.06. The molecule has 1 fully saturated rings. The molecule has 1 aliphatic heterocycles. The van der Waals surface area contributed by atoms with Crippen LogP contribution in [0.15, 0.2) is 6.20 Å². The summed E-state index contributed by atoms with van der Waals surface area (Å²) in [7, 11) is 2.17. The molecule has 1 atom stereocenters. The molecule has 78 valence electrons. The van der Waals surface area contributed by atoms with Crippen molar-refractivity contribution in [1.29, 1.82) is 0 Å². The minimum Gasteiger partial charge on any atom is -0.396 e. The number of aromatic nitrogens is 2. The van der Waals surface area contributed by atoms with Gasteiger partial charge in [0.25, 0.3) is 0 Å². The van der Waals surface area contributed by atoms with Gasteiger partial charge in [-0.15, -0.1) is 0 Å². The second kappa shape index (κ2) is 3.61. The Morgan fingerprint density at radius 2 is 2.43 bits per heavy atom. The highest BCUT2D eigenvalue weighted by Gasteiger charge is 2.20. The summed E-state index contributed by atoms with van der Waals surface area (Å²) >= 11 is 0. The second-order valence-corrected chi connectivity index (χ2v) is 4.28. The molecule has 1 aromatic heterocycles. The summed E-state index contributed by atoms with van der Waals surface area (Å²) < 4.78 is 2.03. The van der Waals surface area contributed by atoms with E-state index in [1.165, 1.54) is 19.5 Å². The van der Waals surface area contributed by atoms with Gasteiger partial charge < -0.3 is 10.6 Å². The molecule has 2 rings (SSSR count). The van der Waals surface area contributed by atoms with Gasteiger partial charge in [-0.1, -0.05) is 0 Å². The Kier molecular flexibility index (Phi) is 2.46. The minimum absolute atomic E-state index is 0.734. The van der Waals surface area contributed by atoms with E-state index in [1.807, 2.05) is 11.6 Å². The molecular weight excluding hydrogens is 176 g/mol. The standard InChI is InChI=1S/C10H18N4/c1-8-10(11)5-12-14(8)7-9-3-4-13(2)6-9/h5,9H,3-4,6-7,11H2,1-2H3. The molecule has 1 aliphatic rings. The molecule has 1 saturated heterocycles. The maximum atomic E-state index is 5.75. The van der Waals surface area contributed by atoms with Crippen molar-refractivity contribution in [2.45, 2.75) is 19.9 Å². The molecule has 2 N–H and O–H groups in total. The van der Waals surface area contributed by atoms with Crippen LogP contribution in [0.4, 0.5) is 5.69 Å². The van der Waals surface area contributed by atoms with E-state index in [9.17, 15) is 0 Å². The summed E-state index contributed by atoms with van der Waals surface area (Å²) in [5.74, 6) is 0.734. The number of nitrogen functional groups attached to an aromatic ring is 1. The summed E-state index contributed by atoms with van der Waals surface area (Å²) in [4.78, 5) is 2.37. The van der Waals surface area contributed by atoms with E-state index in [0.29, 0.717) is 0 Å². The maximum absolute atomic E-state index is 5.75. The predicted molar refractivity (Wildman–Crippen MR) is 57.0 cm³/mol. The van der Waals surface area contributed by atoms with Gasteiger partial charge in [0.2, 0.25) is 0 Å². The van der Waals surface area contributed by atoms with Gasteiger partial charge in [0, 0.05) is 13.1 Å². The number of hydrogen-bond acceptors (Lipinski definition) is 3. The van der Waals surface area contributed by atoms with Gasteiger partial charge in [-0.05, 0) is 32.9 Å². The molecular formula is C10H18N4. The fourth-order valence-electron chi connectivity index (χ4n) is 2.06. The molecule has 0 spiro atoms. The quantitative estimate of drug-likeness (QED) is 0.755. The number of anilines is 1. The lowest BCUT2D eigenvalue weighted by molar-refractivity contribution is 0.368. The van der Waals surface area contributed by atoms with E-state index in [1.54, 1.807) is 6.20 Å². The average molecular weight is 194 g/mol. The van der Waals surface area contributed by atoms with Gasteiger partial charge in [0.1, 0.15) is 0 Å². The van der Waals surface area contributed by atoms with Gasteiger partial charge >= 0.3 is 0 Å². The summed E-state index contributed by atoms with van der Waals surface area (Å²) in [6, 6.07) is 0. The van der Waals surface area contributed by atoms with Gasteiger partial charge in [-0.3, -0.25) is 4.68 Å². The second-order valence-electron chi connectivity index (χ2n) is 4.28. The van der Waals surface area contributed by atoms with Crippen molar-refractivity contribution < 1.29 is 0 Å². The molecule has 2 heterocycles. The normalized spacial score (nSPS) is 23.1. The molecule has 14 heavy (non-hydrogen) atoms. The molecule has 0 radical (unpaired) electrons. The van der Waals surface area contributed by atoms with Crippen molar-refractivity contribution in [3.05, 3.63) is 11.9 Å². The van der Waals surface area contributed by atoms with E-state index < -0.39 is 0 Å². The molecule has 4 nitrogen and oxygen atoms in total. The van der Waals surface area contributed by atoms with E-state index >= 15 is 0 Å². The van der Waals surface area contributed by atoms with E-state index in [4.69, 9.17) is 5.73 Å². The van der Waals surface area contributed by atoms with Crippen LogP contribution in [-0.2, 0) is 6.54 Å². The fourth-order valence-corrected chi connectivity index (χ4v) is 2.06. The monoisotopic (exact) mass is 194 g/mol. The fraction of sp³-hybridized carbons (Fsp3) is 0.700. The number of hydrogen-bond donors (Lipinski definition) is 1. The zero-order valence-corrected chi connectivity index (χ0v) is 8.90. The van der Waals surface area contributed by atoms with Crippen LogP contribution in [0.1, 0.15) is 12.1 Å². The summed E-state index contributed by atoms with van der Waals surface area (Å²) in [5.41, 5.74) is 7.65. The van der Waals surface area contributed by atoms with Crippen LogP contribution >= 0.6 is 0 Å². The zero-order valence-electron chi connectivity index (χ0n) is 8.90. The maximum Gasteiger partial charge on any atom is 0.0730 e. The Morgan fingerprint density at radius 3 is 2.93 bits per heavy atom. The van der Waals surface area contributed by atoms with Gasteiger partial charge in [0.15, 0.2) is 0 Å². The van der Waals surface area contributed by atoms with Crippen LogP contribution in [0.5, 0.6) is 0 Å². The zero-order chi connectivity index (χ0) is 10.1. The summed E-state index contributed by atoms with van der Waals surface area (Å²) in [5, 5.41) is 4.28. The highest BCUT2D eigenvalue weighted by Crippen LogP contribution is 2.18. The third kappa shape index (κ3) is 1.75. The topological polar surface area (TPSA) is 47.1 Å². The first-order chi connectivity index (χ1) is 6.66. The molecule has 1 aromatic rings. The Hall–Kier alpha value is -1.03. The highest BCUT2D eigenvalue weighted by atomic mass is 15.3. The summed E-state index contributed by atoms with van der Waals surface area (Å²) in [6.07, 6.45) is 3.02. The Bertz CT molecular complexity index is 318. The number of nitrogens with two attached hydrogens (primary N) is 1. The van der Waals surface area contributed by atoms with Crippen LogP contribution in [0.25, 0.3) is 0 Å². The highest BCUT2D eigenvalue weighted by molar-refractivity contribution is 5.39. The molecule has 4 heteroatoms. The lowest BCUT2D eigenvalue weighted by Gasteiger charge is -2.11. The van der Waals surface area contributed by atoms with Crippen molar-refractivity contribution in [2.75, 3.05) is 25.9 Å². The minimum atomic E-state index is 0.734. The molecule has 0 aromatic carbocycles. The van der Waals surface area contributed by atoms with Crippen LogP contribution in [0.2, 0.25) is 0 Å². The van der Waals surface area contributed by atoms with E-state index in [2.05, 4.69) is 17.0 Å². The average Bonchev–Trinajstić information content (AvgIpc) is 2.67. The van der Waals surface area contributed by atoms with Gasteiger partial charge in [0.05, 0.1) is 17.6 Å². The summed E-state index contributed by atoms with van der Waals surface area (Å²) in [6.45, 7) is 5.42. The Morgan fingerprint density at radius 1 is 1.64 bits per heavy atom. The lowest BCUT2D eigenvalue weighted by atomic mass is 10.1. The first-order valence-corrected chi connectivity index (χ1v) is 5.13. The van der Waals surface area contributed by atoms with Crippen molar-refractivity contribution in [2.24, 2.45) is 5.92 Å². The smallest absolute Gasteiger partial charge is 0.0730 e. The van der Waals surface area contributed by atoms with Gasteiger partial charge in [-0.25, -0.2) is 0 Å². The number of nitrogens with zero attached hydrogens (tertiary/aromatic N) is 3. The van der Waals surface area contributed by atoms with Crippen LogP contribution < -0.4 is 5.73 Å². The Labute approximate surface area is 84.7 Å². The SMILES string of the molecule is Cc1c(N)cnn1CC1CCN(C)C1. The van der Waals surface area contributed by atoms with Crippen molar-refractivity contribution in [3.63, 3.8) is 0 Å². The first-order valence-electron chi connectivity index (χ1n) is 5.13. The molecule has 0 aliphatic carbocycles. The molecule has 0 bridgehead atoms. The largest absolute Gasteiger partial charge is 0.396 e. The lowest BCUT2D eigenvalue weighted by Crippen LogP contribution is -2.18. The Balaban J connectivity index is 2.01. The van der Waals surface area contributed by atoms with Crippen molar-refractivity contribution >= 4 is 5.69 Å². The van der Waals surface area contributed by atoms with Crippen LogP contribution in [0, 0.1) is 12.8 Å². The molecule has 0 amide bonds. The third-order valence-corrected chi connectivity index (χ3v) is 3.06. The van der Waals surface area contributed by atoms with Crippen LogP contribution in [0.3, 0.4) is 0 Å². The van der Waals surface area contributed by atoms with E-state index in [0.717, 1.165) is 23.8 Å². The first kappa shape index (κ1) is 9.52. The van der Waals surface area contributed by atoms with Crippen molar-refractivity contribution in [1.82, 2.24) is 14.7 Å². The van der Waals surface area contributed by atoms with Crippen molar-refractivity contribution in [3.8, 4) is 0 Å². The molecule has 0 saturated carbocycles. The van der Waals surface area contributed by atoms with Gasteiger partial charge in [-0.2, -0.15) is 5.10 Å². The predicted octanol–water partition coefficient (Wildman–Crippen LogP) is 0.725. The molecule has 1 unspecified atom stereocenters. The van der Waals surface area contributed by atoms with Crippen LogP contribution in [-0.4, -0.2) is 34.8 Å². The van der Waals surface area contributed by atoms with E-state index in [-0.39, 0.29) is 0 Å².